The highest BCUT2D eigenvalue weighted by molar-refractivity contribution is 7.14. The molecule has 0 radical (unpaired) electrons. The summed E-state index contributed by atoms with van der Waals surface area (Å²) in [6.45, 7) is 2.80. The summed E-state index contributed by atoms with van der Waals surface area (Å²) in [6.07, 6.45) is 2.67. The highest BCUT2D eigenvalue weighted by Gasteiger charge is 2.33. The van der Waals surface area contributed by atoms with Gasteiger partial charge in [-0.2, -0.15) is 0 Å². The minimum atomic E-state index is -0.416. The molecule has 3 heterocycles. The van der Waals surface area contributed by atoms with Crippen LogP contribution in [-0.2, 0) is 6.42 Å². The molecule has 4 rings (SSSR count). The number of rotatable bonds is 4. The lowest BCUT2D eigenvalue weighted by Crippen LogP contribution is -2.31. The van der Waals surface area contributed by atoms with Gasteiger partial charge >= 0.3 is 0 Å². The number of hydrogen-bond acceptors (Lipinski definition) is 3. The number of likely N-dealkylation sites (tertiary alicyclic amines) is 1. The van der Waals surface area contributed by atoms with Crippen molar-refractivity contribution < 1.29 is 9.59 Å². The molecule has 0 saturated carbocycles. The highest BCUT2D eigenvalue weighted by Crippen LogP contribution is 2.37. The lowest BCUT2D eigenvalue weighted by molar-refractivity contribution is 0.0731. The van der Waals surface area contributed by atoms with Crippen LogP contribution in [0.15, 0.2) is 36.4 Å². The molecule has 1 saturated heterocycles. The van der Waals surface area contributed by atoms with Gasteiger partial charge in [0, 0.05) is 22.3 Å². The van der Waals surface area contributed by atoms with Crippen molar-refractivity contribution in [3.05, 3.63) is 57.4 Å². The predicted octanol–water partition coefficient (Wildman–Crippen LogP) is 3.87. The molecule has 1 aliphatic rings. The SMILES string of the molecule is CCc1c(C(=O)N2CCCC2c2ccc(C(N)=O)s2)[nH]c2ccccc12. The van der Waals surface area contributed by atoms with Crippen molar-refractivity contribution in [2.75, 3.05) is 6.54 Å². The third kappa shape index (κ3) is 2.70. The number of benzene rings is 1. The van der Waals surface area contributed by atoms with Gasteiger partial charge < -0.3 is 15.6 Å². The summed E-state index contributed by atoms with van der Waals surface area (Å²) in [5, 5.41) is 1.11. The Morgan fingerprint density at radius 2 is 2.08 bits per heavy atom. The van der Waals surface area contributed by atoms with Gasteiger partial charge in [0.1, 0.15) is 5.69 Å². The summed E-state index contributed by atoms with van der Waals surface area (Å²) in [5.41, 5.74) is 8.13. The van der Waals surface area contributed by atoms with Crippen LogP contribution in [0.1, 0.15) is 56.4 Å². The Morgan fingerprint density at radius 3 is 2.81 bits per heavy atom. The Kier molecular flexibility index (Phi) is 4.28. The van der Waals surface area contributed by atoms with Gasteiger partial charge in [0.15, 0.2) is 0 Å². The normalized spacial score (nSPS) is 17.1. The molecule has 1 aromatic carbocycles. The fraction of sp³-hybridized carbons (Fsp3) is 0.300. The number of carbonyl (C=O) groups excluding carboxylic acids is 2. The van der Waals surface area contributed by atoms with Crippen LogP contribution < -0.4 is 5.73 Å². The number of hydrogen-bond donors (Lipinski definition) is 2. The first-order chi connectivity index (χ1) is 12.6. The number of nitrogens with zero attached hydrogens (tertiary/aromatic N) is 1. The largest absolute Gasteiger partial charge is 0.365 e. The summed E-state index contributed by atoms with van der Waals surface area (Å²) < 4.78 is 0. The van der Waals surface area contributed by atoms with E-state index in [0.29, 0.717) is 10.6 Å². The molecule has 5 nitrogen and oxygen atoms in total. The average molecular weight is 367 g/mol. The van der Waals surface area contributed by atoms with Gasteiger partial charge in [-0.1, -0.05) is 25.1 Å². The zero-order chi connectivity index (χ0) is 18.3. The van der Waals surface area contributed by atoms with Crippen LogP contribution in [0.4, 0.5) is 0 Å². The molecule has 2 amide bonds. The number of aromatic nitrogens is 1. The molecule has 26 heavy (non-hydrogen) atoms. The van der Waals surface area contributed by atoms with E-state index in [1.807, 2.05) is 29.2 Å². The van der Waals surface area contributed by atoms with E-state index in [2.05, 4.69) is 18.0 Å². The van der Waals surface area contributed by atoms with Gasteiger partial charge in [0.05, 0.1) is 10.9 Å². The smallest absolute Gasteiger partial charge is 0.271 e. The highest BCUT2D eigenvalue weighted by atomic mass is 32.1. The van der Waals surface area contributed by atoms with Crippen molar-refractivity contribution in [3.63, 3.8) is 0 Å². The molecule has 6 heteroatoms. The van der Waals surface area contributed by atoms with Crippen molar-refractivity contribution >= 4 is 34.1 Å². The maximum atomic E-state index is 13.3. The van der Waals surface area contributed by atoms with Crippen LogP contribution in [-0.4, -0.2) is 28.2 Å². The summed E-state index contributed by atoms with van der Waals surface area (Å²) >= 11 is 1.39. The summed E-state index contributed by atoms with van der Waals surface area (Å²) in [6, 6.07) is 11.7. The molecule has 1 aliphatic heterocycles. The minimum absolute atomic E-state index is 0.0109. The van der Waals surface area contributed by atoms with E-state index in [-0.39, 0.29) is 11.9 Å². The molecule has 3 aromatic rings. The van der Waals surface area contributed by atoms with Crippen molar-refractivity contribution in [1.82, 2.24) is 9.88 Å². The minimum Gasteiger partial charge on any atom is -0.365 e. The second-order valence-corrected chi connectivity index (χ2v) is 7.72. The van der Waals surface area contributed by atoms with Crippen molar-refractivity contribution in [2.45, 2.75) is 32.2 Å². The van der Waals surface area contributed by atoms with Crippen molar-refractivity contribution in [3.8, 4) is 0 Å². The van der Waals surface area contributed by atoms with Crippen molar-refractivity contribution in [2.24, 2.45) is 5.73 Å². The topological polar surface area (TPSA) is 79.2 Å². The number of nitrogens with two attached hydrogens (primary N) is 1. The molecule has 3 N–H and O–H groups in total. The van der Waals surface area contributed by atoms with E-state index in [1.54, 1.807) is 6.07 Å². The quantitative estimate of drug-likeness (QED) is 0.734. The maximum absolute atomic E-state index is 13.3. The Labute approximate surface area is 155 Å². The molecule has 2 aromatic heterocycles. The second kappa shape index (κ2) is 6.61. The molecule has 1 fully saturated rings. The third-order valence-corrected chi connectivity index (χ3v) is 6.29. The van der Waals surface area contributed by atoms with Gasteiger partial charge in [-0.05, 0) is 43.0 Å². The molecule has 0 spiro atoms. The monoisotopic (exact) mass is 367 g/mol. The van der Waals surface area contributed by atoms with Gasteiger partial charge in [-0.25, -0.2) is 0 Å². The zero-order valence-corrected chi connectivity index (χ0v) is 15.4. The first kappa shape index (κ1) is 16.8. The van der Waals surface area contributed by atoms with E-state index in [4.69, 9.17) is 5.73 Å². The van der Waals surface area contributed by atoms with Gasteiger partial charge in [-0.3, -0.25) is 9.59 Å². The Balaban J connectivity index is 1.70. The van der Waals surface area contributed by atoms with Crippen LogP contribution in [0.25, 0.3) is 10.9 Å². The molecule has 0 aliphatic carbocycles. The number of aryl methyl sites for hydroxylation is 1. The average Bonchev–Trinajstić information content (AvgIpc) is 3.36. The first-order valence-corrected chi connectivity index (χ1v) is 9.72. The number of nitrogens with one attached hydrogen (secondary N) is 1. The van der Waals surface area contributed by atoms with E-state index >= 15 is 0 Å². The number of thiophene rings is 1. The Hall–Kier alpha value is -2.60. The fourth-order valence-corrected chi connectivity index (χ4v) is 4.87. The molecule has 0 bridgehead atoms. The molecule has 1 unspecified atom stereocenters. The van der Waals surface area contributed by atoms with Crippen LogP contribution in [0.3, 0.4) is 0 Å². The van der Waals surface area contributed by atoms with E-state index in [0.717, 1.165) is 47.2 Å². The van der Waals surface area contributed by atoms with E-state index in [9.17, 15) is 9.59 Å². The number of para-hydroxylation sites is 1. The third-order valence-electron chi connectivity index (χ3n) is 5.09. The number of aromatic amines is 1. The summed E-state index contributed by atoms with van der Waals surface area (Å²) in [4.78, 5) is 31.5. The first-order valence-electron chi connectivity index (χ1n) is 8.90. The maximum Gasteiger partial charge on any atom is 0.271 e. The summed E-state index contributed by atoms with van der Waals surface area (Å²) in [5.74, 6) is -0.379. The number of H-pyrrole nitrogens is 1. The van der Waals surface area contributed by atoms with Crippen LogP contribution >= 0.6 is 11.3 Å². The molecule has 134 valence electrons. The summed E-state index contributed by atoms with van der Waals surface area (Å²) in [7, 11) is 0. The lowest BCUT2D eigenvalue weighted by Gasteiger charge is -2.24. The number of amides is 2. The standard InChI is InChI=1S/C20H21N3O2S/c1-2-12-13-6-3-4-7-14(13)22-18(12)20(25)23-11-5-8-15(23)16-9-10-17(26-16)19(21)24/h3-4,6-7,9-10,15,22H,2,5,8,11H2,1H3,(H2,21,24). The van der Waals surface area contributed by atoms with Gasteiger partial charge in [0.2, 0.25) is 0 Å². The van der Waals surface area contributed by atoms with Gasteiger partial charge in [-0.15, -0.1) is 11.3 Å². The molecular weight excluding hydrogens is 346 g/mol. The van der Waals surface area contributed by atoms with E-state index < -0.39 is 5.91 Å². The van der Waals surface area contributed by atoms with Crippen LogP contribution in [0.2, 0.25) is 0 Å². The van der Waals surface area contributed by atoms with E-state index in [1.165, 1.54) is 11.3 Å². The number of fused-ring (bicyclic) bond motifs is 1. The second-order valence-electron chi connectivity index (χ2n) is 6.60. The predicted molar refractivity (Wildman–Crippen MR) is 104 cm³/mol. The van der Waals surface area contributed by atoms with Gasteiger partial charge in [0.25, 0.3) is 11.8 Å². The zero-order valence-electron chi connectivity index (χ0n) is 14.6. The molecular formula is C20H21N3O2S. The van der Waals surface area contributed by atoms with Crippen LogP contribution in [0.5, 0.6) is 0 Å². The Morgan fingerprint density at radius 1 is 1.27 bits per heavy atom. The Bertz CT molecular complexity index is 988. The fourth-order valence-electron chi connectivity index (χ4n) is 3.86. The number of primary amides is 1. The number of carbonyl (C=O) groups is 2. The van der Waals surface area contributed by atoms with Crippen molar-refractivity contribution in [1.29, 1.82) is 0 Å². The lowest BCUT2D eigenvalue weighted by atomic mass is 10.1. The molecule has 1 atom stereocenters. The van der Waals surface area contributed by atoms with Crippen LogP contribution in [0, 0.1) is 0 Å².